The van der Waals surface area contributed by atoms with Gasteiger partial charge in [0.2, 0.25) is 11.2 Å². The van der Waals surface area contributed by atoms with Crippen LogP contribution in [0.5, 0.6) is 5.88 Å². The minimum atomic E-state index is -0.773. The van der Waals surface area contributed by atoms with Crippen molar-refractivity contribution < 1.29 is 18.7 Å². The van der Waals surface area contributed by atoms with Gasteiger partial charge in [-0.2, -0.15) is 4.98 Å². The third-order valence-electron chi connectivity index (χ3n) is 3.40. The van der Waals surface area contributed by atoms with Gasteiger partial charge in [0.15, 0.2) is 11.0 Å². The molecule has 25 heavy (non-hydrogen) atoms. The Balaban J connectivity index is 1.75. The molecule has 0 amide bonds. The molecule has 1 N–H and O–H groups in total. The summed E-state index contributed by atoms with van der Waals surface area (Å²) >= 11 is 11.5. The fourth-order valence-electron chi connectivity index (χ4n) is 2.26. The summed E-state index contributed by atoms with van der Waals surface area (Å²) in [5.74, 6) is -0.653. The second-order valence-corrected chi connectivity index (χ2v) is 5.86. The topological polar surface area (TPSA) is 90.8 Å². The van der Waals surface area contributed by atoms with Crippen LogP contribution in [0.2, 0.25) is 10.4 Å². The summed E-state index contributed by atoms with van der Waals surface area (Å²) in [6.07, 6.45) is 1.34. The Morgan fingerprint density at radius 2 is 2.28 bits per heavy atom. The zero-order valence-electron chi connectivity index (χ0n) is 13.1. The van der Waals surface area contributed by atoms with Crippen LogP contribution < -0.4 is 10.1 Å². The molecule has 11 heteroatoms. The molecule has 8 nitrogen and oxygen atoms in total. The Hall–Kier alpha value is -1.81. The molecule has 2 aromatic rings. The van der Waals surface area contributed by atoms with Crippen molar-refractivity contribution in [1.29, 1.82) is 0 Å². The van der Waals surface area contributed by atoms with Crippen LogP contribution in [0.4, 0.5) is 4.39 Å². The number of hydrogen-bond acceptors (Lipinski definition) is 8. The number of halogens is 3. The highest BCUT2D eigenvalue weighted by Gasteiger charge is 2.20. The SMILES string of the molecule is CON=C1CN[C@H](COc2nc(Cl)c(F)c3nc(Cl)ncc23)COC1. The van der Waals surface area contributed by atoms with Crippen molar-refractivity contribution in [2.75, 3.05) is 33.5 Å². The van der Waals surface area contributed by atoms with Gasteiger partial charge < -0.3 is 19.6 Å². The molecule has 1 atom stereocenters. The smallest absolute Gasteiger partial charge is 0.226 e. The molecule has 0 bridgehead atoms. The standard InChI is InChI=1S/C14H14Cl2FN5O3/c1-23-22-7-2-18-8(5-24-4-7)6-25-13-9-3-19-14(16)20-11(9)10(17)12(15)21-13/h3,8,18H,2,4-6H2,1H3/t8-/m0/s1. The van der Waals surface area contributed by atoms with Gasteiger partial charge >= 0.3 is 0 Å². The number of ether oxygens (including phenoxy) is 2. The molecule has 0 saturated carbocycles. The lowest BCUT2D eigenvalue weighted by molar-refractivity contribution is 0.127. The fourth-order valence-corrected chi connectivity index (χ4v) is 2.56. The molecule has 1 fully saturated rings. The number of rotatable bonds is 4. The Kier molecular flexibility index (Phi) is 5.79. The summed E-state index contributed by atoms with van der Waals surface area (Å²) in [5, 5.41) is 6.91. The molecule has 1 aliphatic heterocycles. The van der Waals surface area contributed by atoms with Crippen molar-refractivity contribution >= 4 is 39.8 Å². The Bertz CT molecular complexity index is 808. The summed E-state index contributed by atoms with van der Waals surface area (Å²) in [6.45, 7) is 1.48. The van der Waals surface area contributed by atoms with Crippen molar-refractivity contribution in [2.45, 2.75) is 6.04 Å². The quantitative estimate of drug-likeness (QED) is 0.484. The van der Waals surface area contributed by atoms with Crippen molar-refractivity contribution in [3.05, 3.63) is 22.5 Å². The van der Waals surface area contributed by atoms with Crippen LogP contribution in [-0.2, 0) is 9.57 Å². The first-order valence-corrected chi connectivity index (χ1v) is 8.04. The van der Waals surface area contributed by atoms with E-state index in [4.69, 9.17) is 37.5 Å². The number of nitrogens with one attached hydrogen (secondary N) is 1. The maximum Gasteiger partial charge on any atom is 0.226 e. The zero-order valence-corrected chi connectivity index (χ0v) is 14.6. The number of oxime groups is 1. The van der Waals surface area contributed by atoms with E-state index in [0.29, 0.717) is 19.8 Å². The molecule has 1 saturated heterocycles. The number of nitrogens with zero attached hydrogens (tertiary/aromatic N) is 4. The van der Waals surface area contributed by atoms with Gasteiger partial charge in [-0.05, 0) is 11.6 Å². The Morgan fingerprint density at radius 1 is 1.44 bits per heavy atom. The second kappa shape index (κ2) is 8.05. The zero-order chi connectivity index (χ0) is 17.8. The predicted octanol–water partition coefficient (Wildman–Crippen LogP) is 1.84. The molecule has 3 heterocycles. The lowest BCUT2D eigenvalue weighted by Crippen LogP contribution is -2.38. The highest BCUT2D eigenvalue weighted by molar-refractivity contribution is 6.30. The maximum atomic E-state index is 14.1. The minimum absolute atomic E-state index is 0.0467. The van der Waals surface area contributed by atoms with Crippen molar-refractivity contribution in [1.82, 2.24) is 20.3 Å². The molecule has 2 aromatic heterocycles. The van der Waals surface area contributed by atoms with Gasteiger partial charge in [-0.3, -0.25) is 0 Å². The van der Waals surface area contributed by atoms with Crippen LogP contribution in [0.3, 0.4) is 0 Å². The van der Waals surface area contributed by atoms with Gasteiger partial charge in [-0.1, -0.05) is 16.8 Å². The Labute approximate surface area is 152 Å². The molecular weight excluding hydrogens is 376 g/mol. The normalized spacial score (nSPS) is 19.8. The van der Waals surface area contributed by atoms with Gasteiger partial charge in [-0.15, -0.1) is 0 Å². The van der Waals surface area contributed by atoms with Crippen LogP contribution in [0, 0.1) is 5.82 Å². The average Bonchev–Trinajstić information content (AvgIpc) is 2.82. The van der Waals surface area contributed by atoms with Gasteiger partial charge in [0, 0.05) is 12.7 Å². The van der Waals surface area contributed by atoms with Gasteiger partial charge in [0.05, 0.1) is 30.4 Å². The summed E-state index contributed by atoms with van der Waals surface area (Å²) in [7, 11) is 1.47. The van der Waals surface area contributed by atoms with E-state index in [1.165, 1.54) is 13.3 Å². The molecule has 1 aliphatic rings. The summed E-state index contributed by atoms with van der Waals surface area (Å²) in [6, 6.07) is -0.126. The molecule has 0 unspecified atom stereocenters. The van der Waals surface area contributed by atoms with Crippen LogP contribution in [0.1, 0.15) is 0 Å². The van der Waals surface area contributed by atoms with Gasteiger partial charge in [0.25, 0.3) is 0 Å². The maximum absolute atomic E-state index is 14.1. The summed E-state index contributed by atoms with van der Waals surface area (Å²) in [4.78, 5) is 16.3. The van der Waals surface area contributed by atoms with Crippen LogP contribution >= 0.6 is 23.2 Å². The average molecular weight is 390 g/mol. The summed E-state index contributed by atoms with van der Waals surface area (Å²) in [5.41, 5.74) is 0.691. The third-order valence-corrected chi connectivity index (χ3v) is 3.84. The minimum Gasteiger partial charge on any atom is -0.475 e. The summed E-state index contributed by atoms with van der Waals surface area (Å²) < 4.78 is 25.3. The highest BCUT2D eigenvalue weighted by atomic mass is 35.5. The van der Waals surface area contributed by atoms with E-state index in [1.54, 1.807) is 0 Å². The van der Waals surface area contributed by atoms with E-state index in [2.05, 4.69) is 25.4 Å². The van der Waals surface area contributed by atoms with Gasteiger partial charge in [0.1, 0.15) is 19.2 Å². The van der Waals surface area contributed by atoms with Crippen molar-refractivity contribution in [3.63, 3.8) is 0 Å². The largest absolute Gasteiger partial charge is 0.475 e. The molecule has 3 rings (SSSR count). The number of fused-ring (bicyclic) bond motifs is 1. The molecule has 0 spiro atoms. The van der Waals surface area contributed by atoms with E-state index < -0.39 is 5.82 Å². The lowest BCUT2D eigenvalue weighted by atomic mass is 10.3. The highest BCUT2D eigenvalue weighted by Crippen LogP contribution is 2.29. The van der Waals surface area contributed by atoms with Crippen LogP contribution in [0.25, 0.3) is 10.9 Å². The van der Waals surface area contributed by atoms with E-state index in [9.17, 15) is 4.39 Å². The van der Waals surface area contributed by atoms with E-state index >= 15 is 0 Å². The Morgan fingerprint density at radius 3 is 3.08 bits per heavy atom. The second-order valence-electron chi connectivity index (χ2n) is 5.17. The van der Waals surface area contributed by atoms with Crippen LogP contribution in [0.15, 0.2) is 11.4 Å². The van der Waals surface area contributed by atoms with Crippen molar-refractivity contribution in [3.8, 4) is 5.88 Å². The monoisotopic (exact) mass is 389 g/mol. The number of pyridine rings is 1. The molecule has 134 valence electrons. The molecule has 0 radical (unpaired) electrons. The van der Waals surface area contributed by atoms with E-state index in [-0.39, 0.29) is 39.9 Å². The lowest BCUT2D eigenvalue weighted by Gasteiger charge is -2.16. The number of aromatic nitrogens is 3. The van der Waals surface area contributed by atoms with E-state index in [0.717, 1.165) is 5.71 Å². The first-order chi connectivity index (χ1) is 12.1. The van der Waals surface area contributed by atoms with Crippen molar-refractivity contribution in [2.24, 2.45) is 5.16 Å². The van der Waals surface area contributed by atoms with E-state index in [1.807, 2.05) is 0 Å². The third kappa shape index (κ3) is 4.24. The predicted molar refractivity (Wildman–Crippen MR) is 89.9 cm³/mol. The van der Waals surface area contributed by atoms with Gasteiger partial charge in [-0.25, -0.2) is 14.4 Å². The first-order valence-electron chi connectivity index (χ1n) is 7.28. The fraction of sp³-hybridized carbons (Fsp3) is 0.429. The van der Waals surface area contributed by atoms with Crippen LogP contribution in [-0.4, -0.2) is 60.2 Å². The first kappa shape index (κ1) is 18.0. The molecule has 0 aromatic carbocycles. The molecular formula is C14H14Cl2FN5O3. The number of hydrogen-bond donors (Lipinski definition) is 1. The molecule has 0 aliphatic carbocycles.